The fourth-order valence-corrected chi connectivity index (χ4v) is 4.67. The summed E-state index contributed by atoms with van der Waals surface area (Å²) in [5, 5.41) is 0. The van der Waals surface area contributed by atoms with Gasteiger partial charge in [-0.2, -0.15) is 0 Å². The van der Waals surface area contributed by atoms with Crippen LogP contribution in [0.4, 0.5) is 4.39 Å². The molecule has 0 fully saturated rings. The molecule has 1 aromatic carbocycles. The van der Waals surface area contributed by atoms with Crippen LogP contribution in [-0.4, -0.2) is 41.9 Å². The predicted octanol–water partition coefficient (Wildman–Crippen LogP) is 4.75. The van der Waals surface area contributed by atoms with Crippen LogP contribution >= 0.6 is 0 Å². The lowest BCUT2D eigenvalue weighted by atomic mass is 10.0. The van der Waals surface area contributed by atoms with Gasteiger partial charge in [-0.25, -0.2) is 19.3 Å². The Morgan fingerprint density at radius 2 is 1.89 bits per heavy atom. The third-order valence-electron chi connectivity index (χ3n) is 6.75. The molecule has 0 aliphatic carbocycles. The minimum atomic E-state index is -0.594. The maximum absolute atomic E-state index is 15.4. The van der Waals surface area contributed by atoms with Crippen LogP contribution in [0.1, 0.15) is 64.7 Å². The van der Waals surface area contributed by atoms with E-state index < -0.39 is 5.82 Å². The van der Waals surface area contributed by atoms with Crippen molar-refractivity contribution in [3.63, 3.8) is 0 Å². The van der Waals surface area contributed by atoms with Crippen LogP contribution in [0.25, 0.3) is 11.3 Å². The highest BCUT2D eigenvalue weighted by atomic mass is 19.1. The van der Waals surface area contributed by atoms with Gasteiger partial charge in [0.15, 0.2) is 0 Å². The van der Waals surface area contributed by atoms with Gasteiger partial charge in [0.2, 0.25) is 0 Å². The van der Waals surface area contributed by atoms with Crippen LogP contribution in [0.5, 0.6) is 0 Å². The highest BCUT2D eigenvalue weighted by molar-refractivity contribution is 5.95. The van der Waals surface area contributed by atoms with E-state index in [1.807, 2.05) is 26.0 Å². The fourth-order valence-electron chi connectivity index (χ4n) is 4.67. The number of hydrogen-bond acceptors (Lipinski definition) is 5. The normalized spacial score (nSPS) is 12.6. The molecule has 3 aromatic heterocycles. The number of pyridine rings is 1. The predicted molar refractivity (Wildman–Crippen MR) is 143 cm³/mol. The van der Waals surface area contributed by atoms with Crippen molar-refractivity contribution < 1.29 is 9.18 Å². The Morgan fingerprint density at radius 3 is 2.63 bits per heavy atom. The third-order valence-corrected chi connectivity index (χ3v) is 6.75. The molecule has 38 heavy (non-hydrogen) atoms. The second kappa shape index (κ2) is 10.9. The zero-order valence-corrected chi connectivity index (χ0v) is 21.8. The van der Waals surface area contributed by atoms with E-state index >= 15 is 4.39 Å². The number of aryl methyl sites for hydroxylation is 3. The van der Waals surface area contributed by atoms with E-state index in [2.05, 4.69) is 43.3 Å². The number of imidazole rings is 1. The maximum atomic E-state index is 15.4. The zero-order valence-electron chi connectivity index (χ0n) is 21.8. The minimum absolute atomic E-state index is 0.0288. The number of benzene rings is 1. The van der Waals surface area contributed by atoms with Gasteiger partial charge in [0, 0.05) is 48.0 Å². The summed E-state index contributed by atoms with van der Waals surface area (Å²) in [5.41, 5.74) is 5.40. The molecule has 0 saturated carbocycles. The van der Waals surface area contributed by atoms with E-state index in [0.29, 0.717) is 42.9 Å². The first-order valence-electron chi connectivity index (χ1n) is 12.9. The molecule has 192 valence electrons. The second-order valence-electron chi connectivity index (χ2n) is 9.32. The molecule has 0 bridgehead atoms. The topological polar surface area (TPSA) is 76.8 Å². The molecule has 0 radical (unpaired) electrons. The first kappa shape index (κ1) is 25.3. The van der Waals surface area contributed by atoms with Crippen LogP contribution in [-0.2, 0) is 25.9 Å². The van der Waals surface area contributed by atoms with Gasteiger partial charge in [0.25, 0.3) is 5.91 Å². The molecule has 4 heterocycles. The van der Waals surface area contributed by atoms with Crippen LogP contribution in [0, 0.1) is 24.6 Å². The fraction of sp³-hybridized carbons (Fsp3) is 0.300. The SMILES string of the molecule is CCCc1ccc(C#Cc2c(CC)ncnc2-c2ccc(C(=O)N3CCn4c(C)cnc4C3)c(F)c2)cn1. The van der Waals surface area contributed by atoms with Crippen molar-refractivity contribution in [3.8, 4) is 23.1 Å². The molecule has 0 saturated heterocycles. The Morgan fingerprint density at radius 1 is 1.03 bits per heavy atom. The zero-order chi connectivity index (χ0) is 26.6. The van der Waals surface area contributed by atoms with E-state index in [1.165, 1.54) is 18.5 Å². The van der Waals surface area contributed by atoms with E-state index in [0.717, 1.165) is 41.3 Å². The number of carbonyl (C=O) groups excluding carboxylic acids is 1. The summed E-state index contributed by atoms with van der Waals surface area (Å²) in [6.07, 6.45) is 7.64. The summed E-state index contributed by atoms with van der Waals surface area (Å²) in [6, 6.07) is 8.55. The summed E-state index contributed by atoms with van der Waals surface area (Å²) < 4.78 is 17.4. The standard InChI is InChI=1S/C30H29FN6O/c1-4-6-23-10-7-21(17-32-23)8-11-25-27(5-2)34-19-35-29(25)22-9-12-24(26(31)15-22)30(38)36-13-14-37-20(3)16-33-28(37)18-36/h7,9-10,12,15-17,19H,4-6,13-14,18H2,1-3H3. The molecule has 0 spiro atoms. The molecule has 0 atom stereocenters. The molecule has 8 heteroatoms. The van der Waals surface area contributed by atoms with Crippen molar-refractivity contribution in [2.45, 2.75) is 53.1 Å². The van der Waals surface area contributed by atoms with E-state index in [4.69, 9.17) is 0 Å². The molecule has 5 rings (SSSR count). The highest BCUT2D eigenvalue weighted by Crippen LogP contribution is 2.26. The summed E-state index contributed by atoms with van der Waals surface area (Å²) >= 11 is 0. The first-order valence-corrected chi connectivity index (χ1v) is 12.9. The van der Waals surface area contributed by atoms with Crippen molar-refractivity contribution in [3.05, 3.63) is 94.5 Å². The van der Waals surface area contributed by atoms with Crippen LogP contribution in [0.15, 0.2) is 49.1 Å². The lowest BCUT2D eigenvalue weighted by molar-refractivity contribution is 0.0702. The van der Waals surface area contributed by atoms with Crippen LogP contribution in [0.2, 0.25) is 0 Å². The number of aromatic nitrogens is 5. The number of amides is 1. The molecule has 4 aromatic rings. The smallest absolute Gasteiger partial charge is 0.257 e. The molecule has 1 aliphatic rings. The molecule has 1 aliphatic heterocycles. The number of rotatable bonds is 5. The Labute approximate surface area is 221 Å². The van der Waals surface area contributed by atoms with Gasteiger partial charge in [-0.3, -0.25) is 9.78 Å². The highest BCUT2D eigenvalue weighted by Gasteiger charge is 2.26. The number of halogens is 1. The average Bonchev–Trinajstić information content (AvgIpc) is 3.32. The van der Waals surface area contributed by atoms with Crippen molar-refractivity contribution >= 4 is 5.91 Å². The van der Waals surface area contributed by atoms with Gasteiger partial charge < -0.3 is 9.47 Å². The number of carbonyl (C=O) groups is 1. The van der Waals surface area contributed by atoms with Crippen molar-refractivity contribution in [2.75, 3.05) is 6.54 Å². The number of nitrogens with zero attached hydrogens (tertiary/aromatic N) is 6. The monoisotopic (exact) mass is 508 g/mol. The number of hydrogen-bond donors (Lipinski definition) is 0. The van der Waals surface area contributed by atoms with Crippen LogP contribution in [0.3, 0.4) is 0 Å². The van der Waals surface area contributed by atoms with E-state index in [-0.39, 0.29) is 11.5 Å². The first-order chi connectivity index (χ1) is 18.5. The lowest BCUT2D eigenvalue weighted by Crippen LogP contribution is -2.39. The molecular formula is C30H29FN6O. The minimum Gasteiger partial charge on any atom is -0.329 e. The summed E-state index contributed by atoms with van der Waals surface area (Å²) in [6.45, 7) is 7.60. The third kappa shape index (κ3) is 5.05. The number of fused-ring (bicyclic) bond motifs is 1. The van der Waals surface area contributed by atoms with E-state index in [9.17, 15) is 4.79 Å². The van der Waals surface area contributed by atoms with Gasteiger partial charge in [-0.05, 0) is 44.0 Å². The quantitative estimate of drug-likeness (QED) is 0.364. The Bertz CT molecular complexity index is 1550. The van der Waals surface area contributed by atoms with Gasteiger partial charge in [-0.1, -0.05) is 38.2 Å². The van der Waals surface area contributed by atoms with E-state index in [1.54, 1.807) is 23.4 Å². The summed E-state index contributed by atoms with van der Waals surface area (Å²) in [5.74, 6) is 6.22. The van der Waals surface area contributed by atoms with Crippen molar-refractivity contribution in [1.82, 2.24) is 29.4 Å². The second-order valence-corrected chi connectivity index (χ2v) is 9.32. The molecule has 7 nitrogen and oxygen atoms in total. The van der Waals surface area contributed by atoms with Gasteiger partial charge in [0.1, 0.15) is 18.0 Å². The van der Waals surface area contributed by atoms with Crippen LogP contribution < -0.4 is 0 Å². The maximum Gasteiger partial charge on any atom is 0.257 e. The van der Waals surface area contributed by atoms with Gasteiger partial charge in [0.05, 0.1) is 29.1 Å². The molecule has 0 N–H and O–H groups in total. The summed E-state index contributed by atoms with van der Waals surface area (Å²) in [7, 11) is 0. The van der Waals surface area contributed by atoms with Crippen molar-refractivity contribution in [1.29, 1.82) is 0 Å². The Balaban J connectivity index is 1.43. The Kier molecular flexibility index (Phi) is 7.27. The Hall–Kier alpha value is -4.38. The lowest BCUT2D eigenvalue weighted by Gasteiger charge is -2.28. The largest absolute Gasteiger partial charge is 0.329 e. The molecule has 1 amide bonds. The van der Waals surface area contributed by atoms with Crippen molar-refractivity contribution in [2.24, 2.45) is 0 Å². The summed E-state index contributed by atoms with van der Waals surface area (Å²) in [4.78, 5) is 32.5. The molecule has 0 unspecified atom stereocenters. The van der Waals surface area contributed by atoms with Gasteiger partial charge in [-0.15, -0.1) is 0 Å². The molecular weight excluding hydrogens is 479 g/mol. The average molecular weight is 509 g/mol. The van der Waals surface area contributed by atoms with Gasteiger partial charge >= 0.3 is 0 Å².